The normalized spacial score (nSPS) is 11.5. The SMILES string of the molecule is Cc1cc(COC(C)C)c(COC(C)C)cc1Cc1ccccc1. The Balaban J connectivity index is 2.26. The lowest BCUT2D eigenvalue weighted by Crippen LogP contribution is -2.09. The van der Waals surface area contributed by atoms with E-state index in [1.165, 1.54) is 27.8 Å². The van der Waals surface area contributed by atoms with Gasteiger partial charge in [-0.3, -0.25) is 0 Å². The van der Waals surface area contributed by atoms with E-state index in [1.807, 2.05) is 0 Å². The van der Waals surface area contributed by atoms with Crippen LogP contribution in [0.5, 0.6) is 0 Å². The zero-order valence-corrected chi connectivity index (χ0v) is 15.6. The summed E-state index contributed by atoms with van der Waals surface area (Å²) in [4.78, 5) is 0. The maximum atomic E-state index is 5.86. The molecule has 2 rings (SSSR count). The highest BCUT2D eigenvalue weighted by atomic mass is 16.5. The third kappa shape index (κ3) is 5.77. The smallest absolute Gasteiger partial charge is 0.0723 e. The van der Waals surface area contributed by atoms with E-state index in [2.05, 4.69) is 77.1 Å². The Hall–Kier alpha value is -1.64. The average molecular weight is 326 g/mol. The minimum absolute atomic E-state index is 0.225. The van der Waals surface area contributed by atoms with Crippen molar-refractivity contribution in [2.24, 2.45) is 0 Å². The van der Waals surface area contributed by atoms with Crippen LogP contribution < -0.4 is 0 Å². The van der Waals surface area contributed by atoms with Crippen LogP contribution in [0.4, 0.5) is 0 Å². The van der Waals surface area contributed by atoms with Crippen molar-refractivity contribution in [1.29, 1.82) is 0 Å². The van der Waals surface area contributed by atoms with Crippen LogP contribution in [0, 0.1) is 6.92 Å². The Morgan fingerprint density at radius 2 is 1.29 bits per heavy atom. The first-order valence-electron chi connectivity index (χ1n) is 8.84. The van der Waals surface area contributed by atoms with Crippen molar-refractivity contribution < 1.29 is 9.47 Å². The zero-order valence-electron chi connectivity index (χ0n) is 15.6. The summed E-state index contributed by atoms with van der Waals surface area (Å²) < 4.78 is 11.7. The predicted molar refractivity (Wildman–Crippen MR) is 100 cm³/mol. The molecule has 24 heavy (non-hydrogen) atoms. The average Bonchev–Trinajstić information content (AvgIpc) is 2.54. The number of hydrogen-bond donors (Lipinski definition) is 0. The van der Waals surface area contributed by atoms with Gasteiger partial charge in [-0.1, -0.05) is 42.5 Å². The van der Waals surface area contributed by atoms with Gasteiger partial charge in [0.25, 0.3) is 0 Å². The van der Waals surface area contributed by atoms with Crippen LogP contribution in [-0.2, 0) is 29.1 Å². The molecule has 2 aromatic carbocycles. The quantitative estimate of drug-likeness (QED) is 0.643. The molecule has 0 fully saturated rings. The van der Waals surface area contributed by atoms with Gasteiger partial charge in [-0.25, -0.2) is 0 Å². The Kier molecular flexibility index (Phi) is 7.01. The minimum atomic E-state index is 0.225. The highest BCUT2D eigenvalue weighted by Crippen LogP contribution is 2.22. The molecule has 0 aliphatic rings. The number of aryl methyl sites for hydroxylation is 1. The van der Waals surface area contributed by atoms with Gasteiger partial charge in [-0.15, -0.1) is 0 Å². The van der Waals surface area contributed by atoms with Crippen LogP contribution in [0.25, 0.3) is 0 Å². The molecule has 0 amide bonds. The van der Waals surface area contributed by atoms with E-state index in [4.69, 9.17) is 9.47 Å². The van der Waals surface area contributed by atoms with Gasteiger partial charge in [0.1, 0.15) is 0 Å². The first kappa shape index (κ1) is 18.7. The molecule has 2 heteroatoms. The number of ether oxygens (including phenoxy) is 2. The molecule has 0 heterocycles. The van der Waals surface area contributed by atoms with Crippen molar-refractivity contribution in [1.82, 2.24) is 0 Å². The van der Waals surface area contributed by atoms with E-state index >= 15 is 0 Å². The number of hydrogen-bond acceptors (Lipinski definition) is 2. The highest BCUT2D eigenvalue weighted by molar-refractivity contribution is 5.40. The van der Waals surface area contributed by atoms with Crippen LogP contribution in [0.15, 0.2) is 42.5 Å². The predicted octanol–water partition coefficient (Wildman–Crippen LogP) is 5.44. The first-order valence-corrected chi connectivity index (χ1v) is 8.84. The van der Waals surface area contributed by atoms with E-state index < -0.39 is 0 Å². The summed E-state index contributed by atoms with van der Waals surface area (Å²) in [6.07, 6.45) is 1.41. The van der Waals surface area contributed by atoms with Crippen molar-refractivity contribution in [2.45, 2.75) is 66.5 Å². The summed E-state index contributed by atoms with van der Waals surface area (Å²) in [6, 6.07) is 15.2. The molecule has 0 N–H and O–H groups in total. The molecule has 0 saturated heterocycles. The van der Waals surface area contributed by atoms with Gasteiger partial charge in [0, 0.05) is 0 Å². The van der Waals surface area contributed by atoms with Crippen LogP contribution in [-0.4, -0.2) is 12.2 Å². The molecule has 2 aromatic rings. The summed E-state index contributed by atoms with van der Waals surface area (Å²) in [7, 11) is 0. The lowest BCUT2D eigenvalue weighted by Gasteiger charge is -2.17. The fraction of sp³-hybridized carbons (Fsp3) is 0.455. The second kappa shape index (κ2) is 9.00. The third-order valence-electron chi connectivity index (χ3n) is 4.04. The summed E-state index contributed by atoms with van der Waals surface area (Å²) >= 11 is 0. The van der Waals surface area contributed by atoms with Gasteiger partial charge in [-0.2, -0.15) is 0 Å². The van der Waals surface area contributed by atoms with Crippen LogP contribution >= 0.6 is 0 Å². The molecule has 0 atom stereocenters. The van der Waals surface area contributed by atoms with E-state index in [0.29, 0.717) is 13.2 Å². The first-order chi connectivity index (χ1) is 11.5. The maximum absolute atomic E-state index is 5.86. The largest absolute Gasteiger partial charge is 0.374 e. The molecule has 0 aromatic heterocycles. The van der Waals surface area contributed by atoms with Crippen LogP contribution in [0.2, 0.25) is 0 Å². The Morgan fingerprint density at radius 1 is 0.750 bits per heavy atom. The molecule has 0 aliphatic heterocycles. The maximum Gasteiger partial charge on any atom is 0.0723 e. The van der Waals surface area contributed by atoms with Gasteiger partial charge >= 0.3 is 0 Å². The monoisotopic (exact) mass is 326 g/mol. The summed E-state index contributed by atoms with van der Waals surface area (Å²) in [5, 5.41) is 0. The van der Waals surface area contributed by atoms with Crippen LogP contribution in [0.3, 0.4) is 0 Å². The van der Waals surface area contributed by atoms with Gasteiger partial charge in [0.05, 0.1) is 25.4 Å². The van der Waals surface area contributed by atoms with Crippen LogP contribution in [0.1, 0.15) is 55.5 Å². The molecule has 2 nitrogen and oxygen atoms in total. The van der Waals surface area contributed by atoms with E-state index in [1.54, 1.807) is 0 Å². The lowest BCUT2D eigenvalue weighted by molar-refractivity contribution is 0.0537. The molecule has 130 valence electrons. The fourth-order valence-corrected chi connectivity index (χ4v) is 2.65. The van der Waals surface area contributed by atoms with Crippen molar-refractivity contribution >= 4 is 0 Å². The Bertz CT molecular complexity index is 630. The third-order valence-corrected chi connectivity index (χ3v) is 4.04. The van der Waals surface area contributed by atoms with Crippen molar-refractivity contribution in [2.75, 3.05) is 0 Å². The molecule has 0 unspecified atom stereocenters. The molecule has 0 aliphatic carbocycles. The van der Waals surface area contributed by atoms with Crippen molar-refractivity contribution in [3.63, 3.8) is 0 Å². The zero-order chi connectivity index (χ0) is 17.5. The lowest BCUT2D eigenvalue weighted by atomic mass is 9.95. The fourth-order valence-electron chi connectivity index (χ4n) is 2.65. The van der Waals surface area contributed by atoms with Gasteiger partial charge in [-0.05, 0) is 68.9 Å². The number of benzene rings is 2. The standard InChI is InChI=1S/C22H30O2/c1-16(2)23-14-21-11-18(5)20(12-19-9-7-6-8-10-19)13-22(21)15-24-17(3)4/h6-11,13,16-17H,12,14-15H2,1-5H3. The van der Waals surface area contributed by atoms with E-state index in [9.17, 15) is 0 Å². The summed E-state index contributed by atoms with van der Waals surface area (Å²) in [6.45, 7) is 11.7. The van der Waals surface area contributed by atoms with E-state index in [-0.39, 0.29) is 12.2 Å². The molecule has 0 radical (unpaired) electrons. The summed E-state index contributed by atoms with van der Waals surface area (Å²) in [5.74, 6) is 0. The Labute approximate surface area is 146 Å². The molecular weight excluding hydrogens is 296 g/mol. The van der Waals surface area contributed by atoms with Gasteiger partial charge in [0.2, 0.25) is 0 Å². The molecule has 0 saturated carbocycles. The molecule has 0 spiro atoms. The minimum Gasteiger partial charge on any atom is -0.374 e. The van der Waals surface area contributed by atoms with E-state index in [0.717, 1.165) is 6.42 Å². The highest BCUT2D eigenvalue weighted by Gasteiger charge is 2.10. The van der Waals surface area contributed by atoms with Gasteiger partial charge in [0.15, 0.2) is 0 Å². The second-order valence-corrected chi connectivity index (χ2v) is 6.93. The van der Waals surface area contributed by atoms with Gasteiger partial charge < -0.3 is 9.47 Å². The van der Waals surface area contributed by atoms with Crippen molar-refractivity contribution in [3.05, 3.63) is 70.3 Å². The molecule has 0 bridgehead atoms. The molecular formula is C22H30O2. The second-order valence-electron chi connectivity index (χ2n) is 6.93. The number of rotatable bonds is 8. The Morgan fingerprint density at radius 3 is 1.83 bits per heavy atom. The van der Waals surface area contributed by atoms with Crippen molar-refractivity contribution in [3.8, 4) is 0 Å². The summed E-state index contributed by atoms with van der Waals surface area (Å²) in [5.41, 5.74) is 6.48. The topological polar surface area (TPSA) is 18.5 Å².